The lowest BCUT2D eigenvalue weighted by Crippen LogP contribution is -2.23. The van der Waals surface area contributed by atoms with E-state index in [0.29, 0.717) is 34.8 Å². The molecule has 2 aliphatic rings. The van der Waals surface area contributed by atoms with E-state index in [2.05, 4.69) is 13.0 Å². The third-order valence-corrected chi connectivity index (χ3v) is 7.05. The third kappa shape index (κ3) is 5.44. The first-order chi connectivity index (χ1) is 18.1. The number of amidine groups is 1. The van der Waals surface area contributed by atoms with Gasteiger partial charge in [-0.2, -0.15) is 0 Å². The van der Waals surface area contributed by atoms with Gasteiger partial charge in [-0.25, -0.2) is 4.99 Å². The number of aliphatic imine (C=N–C) groups is 1. The van der Waals surface area contributed by atoms with Crippen LogP contribution in [-0.2, 0) is 17.8 Å². The summed E-state index contributed by atoms with van der Waals surface area (Å²) in [7, 11) is 1.75. The van der Waals surface area contributed by atoms with Crippen LogP contribution < -0.4 is 18.9 Å². The maximum absolute atomic E-state index is 13.0. The second-order valence-electron chi connectivity index (χ2n) is 8.47. The number of nitrogens with zero attached hydrogens (tertiary/aromatic N) is 2. The number of rotatable bonds is 8. The number of fused-ring (bicyclic) bond motifs is 1. The lowest BCUT2D eigenvalue weighted by atomic mass is 10.1. The van der Waals surface area contributed by atoms with Gasteiger partial charge in [-0.3, -0.25) is 9.69 Å². The first-order valence-electron chi connectivity index (χ1n) is 12.2. The van der Waals surface area contributed by atoms with Crippen LogP contribution in [0.1, 0.15) is 30.5 Å². The molecule has 0 aromatic heterocycles. The summed E-state index contributed by atoms with van der Waals surface area (Å²) >= 11 is 1.37. The van der Waals surface area contributed by atoms with Gasteiger partial charge in [0.1, 0.15) is 6.61 Å². The van der Waals surface area contributed by atoms with Crippen molar-refractivity contribution in [3.8, 4) is 23.0 Å². The Morgan fingerprint density at radius 2 is 1.84 bits per heavy atom. The van der Waals surface area contributed by atoms with E-state index in [4.69, 9.17) is 23.9 Å². The molecule has 1 amide bonds. The van der Waals surface area contributed by atoms with Crippen LogP contribution in [-0.4, -0.2) is 36.4 Å². The summed E-state index contributed by atoms with van der Waals surface area (Å²) in [5, 5.41) is 0.658. The molecule has 190 valence electrons. The number of ether oxygens (including phenoxy) is 4. The summed E-state index contributed by atoms with van der Waals surface area (Å²) in [6.45, 7) is 5.11. The maximum Gasteiger partial charge on any atom is 0.266 e. The molecule has 5 rings (SSSR count). The van der Waals surface area contributed by atoms with E-state index in [-0.39, 0.29) is 12.7 Å². The molecular formula is C29H28N2O5S. The predicted molar refractivity (Wildman–Crippen MR) is 146 cm³/mol. The van der Waals surface area contributed by atoms with Crippen LogP contribution in [0.5, 0.6) is 23.0 Å². The number of hydrogen-bond donors (Lipinski definition) is 0. The normalized spacial score (nSPS) is 16.6. The summed E-state index contributed by atoms with van der Waals surface area (Å²) < 4.78 is 22.7. The van der Waals surface area contributed by atoms with Gasteiger partial charge in [0.05, 0.1) is 17.2 Å². The lowest BCUT2D eigenvalue weighted by molar-refractivity contribution is -0.121. The Hall–Kier alpha value is -3.91. The molecule has 0 saturated carbocycles. The molecule has 3 aromatic carbocycles. The van der Waals surface area contributed by atoms with Crippen molar-refractivity contribution in [1.29, 1.82) is 0 Å². The van der Waals surface area contributed by atoms with E-state index >= 15 is 0 Å². The van der Waals surface area contributed by atoms with Crippen LogP contribution in [0.2, 0.25) is 0 Å². The van der Waals surface area contributed by atoms with E-state index in [1.54, 1.807) is 11.9 Å². The van der Waals surface area contributed by atoms with Crippen LogP contribution in [0.25, 0.3) is 6.08 Å². The standard InChI is InChI=1S/C29H28N2O5S/c1-4-21-8-6-7-9-22(21)30-29-31(3)28(32)27(37-29)16-19-10-12-23(25(14-19)33-5-2)34-17-20-11-13-24-26(15-20)36-18-35-24/h6-16H,4-5,17-18H2,1-3H3/b27-16+,30-29?. The Labute approximate surface area is 220 Å². The van der Waals surface area contributed by atoms with Gasteiger partial charge >= 0.3 is 0 Å². The molecule has 0 N–H and O–H groups in total. The number of carbonyl (C=O) groups excluding carboxylic acids is 1. The number of aryl methyl sites for hydroxylation is 1. The third-order valence-electron chi connectivity index (χ3n) is 5.99. The van der Waals surface area contributed by atoms with Gasteiger partial charge in [0.2, 0.25) is 6.79 Å². The van der Waals surface area contributed by atoms with Gasteiger partial charge in [-0.05, 0) is 78.2 Å². The van der Waals surface area contributed by atoms with Crippen molar-refractivity contribution in [3.05, 3.63) is 82.3 Å². The molecule has 3 aromatic rings. The van der Waals surface area contributed by atoms with Crippen LogP contribution in [0, 0.1) is 0 Å². The number of benzene rings is 3. The van der Waals surface area contributed by atoms with E-state index in [9.17, 15) is 4.79 Å². The largest absolute Gasteiger partial charge is 0.490 e. The highest BCUT2D eigenvalue weighted by Crippen LogP contribution is 2.37. The smallest absolute Gasteiger partial charge is 0.266 e. The van der Waals surface area contributed by atoms with Crippen molar-refractivity contribution in [2.75, 3.05) is 20.4 Å². The minimum atomic E-state index is -0.0844. The molecule has 0 bridgehead atoms. The molecule has 1 saturated heterocycles. The Bertz CT molecular complexity index is 1380. The van der Waals surface area contributed by atoms with Crippen molar-refractivity contribution in [2.45, 2.75) is 26.9 Å². The number of thioether (sulfide) groups is 1. The van der Waals surface area contributed by atoms with Crippen molar-refractivity contribution in [1.82, 2.24) is 4.90 Å². The monoisotopic (exact) mass is 516 g/mol. The van der Waals surface area contributed by atoms with Crippen LogP contribution >= 0.6 is 11.8 Å². The zero-order valence-electron chi connectivity index (χ0n) is 21.0. The minimum Gasteiger partial charge on any atom is -0.490 e. The number of para-hydroxylation sites is 1. The quantitative estimate of drug-likeness (QED) is 0.333. The zero-order valence-corrected chi connectivity index (χ0v) is 21.8. The number of carbonyl (C=O) groups is 1. The first kappa shape index (κ1) is 24.8. The fraction of sp³-hybridized carbons (Fsp3) is 0.241. The fourth-order valence-electron chi connectivity index (χ4n) is 4.02. The van der Waals surface area contributed by atoms with Gasteiger partial charge < -0.3 is 18.9 Å². The predicted octanol–water partition coefficient (Wildman–Crippen LogP) is 6.19. The molecule has 7 nitrogen and oxygen atoms in total. The molecule has 1 fully saturated rings. The average molecular weight is 517 g/mol. The van der Waals surface area contributed by atoms with Crippen molar-refractivity contribution < 1.29 is 23.7 Å². The lowest BCUT2D eigenvalue weighted by Gasteiger charge is -2.13. The van der Waals surface area contributed by atoms with Crippen LogP contribution in [0.4, 0.5) is 5.69 Å². The van der Waals surface area contributed by atoms with Gasteiger partial charge in [-0.1, -0.05) is 37.3 Å². The Morgan fingerprint density at radius 1 is 1.00 bits per heavy atom. The molecule has 0 unspecified atom stereocenters. The SMILES string of the molecule is CCOc1cc(/C=C2/SC(=Nc3ccccc3CC)N(C)C2=O)ccc1OCc1ccc2c(c1)OCO2. The van der Waals surface area contributed by atoms with E-state index < -0.39 is 0 Å². The van der Waals surface area contributed by atoms with Crippen LogP contribution in [0.3, 0.4) is 0 Å². The number of likely N-dealkylation sites (N-methyl/N-ethyl adjacent to an activating group) is 1. The summed E-state index contributed by atoms with van der Waals surface area (Å²) in [6.07, 6.45) is 2.74. The highest BCUT2D eigenvalue weighted by atomic mass is 32.2. The number of hydrogen-bond acceptors (Lipinski definition) is 7. The summed E-state index contributed by atoms with van der Waals surface area (Å²) in [5.74, 6) is 2.62. The van der Waals surface area contributed by atoms with Crippen molar-refractivity contribution >= 4 is 34.6 Å². The molecule has 0 aliphatic carbocycles. The molecule has 0 atom stereocenters. The van der Waals surface area contributed by atoms with Gasteiger partial charge in [0.25, 0.3) is 5.91 Å². The fourth-order valence-corrected chi connectivity index (χ4v) is 5.00. The summed E-state index contributed by atoms with van der Waals surface area (Å²) in [4.78, 5) is 19.9. The molecule has 2 heterocycles. The first-order valence-corrected chi connectivity index (χ1v) is 13.0. The minimum absolute atomic E-state index is 0.0844. The highest BCUT2D eigenvalue weighted by Gasteiger charge is 2.30. The zero-order chi connectivity index (χ0) is 25.8. The van der Waals surface area contributed by atoms with Gasteiger partial charge in [0.15, 0.2) is 28.2 Å². The Morgan fingerprint density at radius 3 is 2.68 bits per heavy atom. The van der Waals surface area contributed by atoms with Gasteiger partial charge in [-0.15, -0.1) is 0 Å². The summed E-state index contributed by atoms with van der Waals surface area (Å²) in [6, 6.07) is 19.4. The highest BCUT2D eigenvalue weighted by molar-refractivity contribution is 8.18. The topological polar surface area (TPSA) is 69.6 Å². The van der Waals surface area contributed by atoms with Crippen molar-refractivity contribution in [3.63, 3.8) is 0 Å². The summed E-state index contributed by atoms with van der Waals surface area (Å²) in [5.41, 5.74) is 3.84. The molecule has 0 radical (unpaired) electrons. The van der Waals surface area contributed by atoms with E-state index in [1.165, 1.54) is 11.8 Å². The molecule has 37 heavy (non-hydrogen) atoms. The average Bonchev–Trinajstić information content (AvgIpc) is 3.48. The second-order valence-corrected chi connectivity index (χ2v) is 9.48. The molecule has 2 aliphatic heterocycles. The Kier molecular flexibility index (Phi) is 7.37. The van der Waals surface area contributed by atoms with E-state index in [0.717, 1.165) is 40.3 Å². The van der Waals surface area contributed by atoms with E-state index in [1.807, 2.05) is 67.6 Å². The molecule has 8 heteroatoms. The maximum atomic E-state index is 13.0. The number of amides is 1. The molecular weight excluding hydrogens is 488 g/mol. The second kappa shape index (κ2) is 11.0. The van der Waals surface area contributed by atoms with Crippen molar-refractivity contribution in [2.24, 2.45) is 4.99 Å². The van der Waals surface area contributed by atoms with Gasteiger partial charge in [0, 0.05) is 7.05 Å². The molecule has 0 spiro atoms. The van der Waals surface area contributed by atoms with Crippen LogP contribution in [0.15, 0.2) is 70.6 Å². The Balaban J connectivity index is 1.34.